The summed E-state index contributed by atoms with van der Waals surface area (Å²) in [5.74, 6) is 0. The largest absolute Gasteiger partial charge is 0.367 e. The molecule has 0 aromatic rings. The van der Waals surface area contributed by atoms with Gasteiger partial charge >= 0.3 is 0 Å². The summed E-state index contributed by atoms with van der Waals surface area (Å²) in [6.45, 7) is 0.723. The number of hydrogen-bond acceptors (Lipinski definition) is 2. The second kappa shape index (κ2) is 2.98. The number of aliphatic hydroxyl groups is 1. The molecule has 0 aromatic heterocycles. The Hall–Kier alpha value is 0.650. The minimum atomic E-state index is -0.510. The summed E-state index contributed by atoms with van der Waals surface area (Å²) in [4.78, 5) is 0. The minimum absolute atomic E-state index is 0.307. The lowest BCUT2D eigenvalue weighted by molar-refractivity contribution is -0.115. The van der Waals surface area contributed by atoms with Crippen LogP contribution in [0.3, 0.4) is 0 Å². The van der Waals surface area contributed by atoms with Crippen molar-refractivity contribution in [2.75, 3.05) is 6.61 Å². The van der Waals surface area contributed by atoms with Gasteiger partial charge in [0, 0.05) is 6.61 Å². The molecule has 0 saturated carbocycles. The third kappa shape index (κ3) is 1.56. The molecule has 0 bridgehead atoms. The number of ether oxygens (including phenoxy) is 1. The van der Waals surface area contributed by atoms with Gasteiger partial charge in [0.05, 0.1) is 3.92 Å². The maximum Gasteiger partial charge on any atom is 0.166 e. The van der Waals surface area contributed by atoms with Crippen molar-refractivity contribution < 1.29 is 9.84 Å². The Bertz CT molecular complexity index is 66.8. The van der Waals surface area contributed by atoms with Crippen molar-refractivity contribution in [3.63, 3.8) is 0 Å². The molecule has 2 nitrogen and oxygen atoms in total. The van der Waals surface area contributed by atoms with Gasteiger partial charge in [0.25, 0.3) is 0 Å². The Labute approximate surface area is 62.4 Å². The quantitative estimate of drug-likeness (QED) is 0.493. The molecule has 0 amide bonds. The van der Waals surface area contributed by atoms with Gasteiger partial charge in [-0.25, -0.2) is 0 Å². The van der Waals surface area contributed by atoms with Crippen LogP contribution in [0.5, 0.6) is 0 Å². The molecule has 1 N–H and O–H groups in total. The number of rotatable bonds is 0. The van der Waals surface area contributed by atoms with E-state index in [0.717, 1.165) is 19.4 Å². The standard InChI is InChI=1S/C5H9IO2/c6-4-2-1-3-8-5(4)7/h4-5,7H,1-3H2/t4-,5-/m1/s1. The fourth-order valence-corrected chi connectivity index (χ4v) is 1.38. The van der Waals surface area contributed by atoms with Crippen LogP contribution in [0.25, 0.3) is 0 Å². The molecule has 1 fully saturated rings. The molecule has 0 unspecified atom stereocenters. The van der Waals surface area contributed by atoms with Crippen molar-refractivity contribution >= 4 is 22.6 Å². The van der Waals surface area contributed by atoms with Gasteiger partial charge in [0.1, 0.15) is 0 Å². The highest BCUT2D eigenvalue weighted by Gasteiger charge is 2.19. The van der Waals surface area contributed by atoms with E-state index in [1.165, 1.54) is 0 Å². The Balaban J connectivity index is 2.28. The summed E-state index contributed by atoms with van der Waals surface area (Å²) in [6, 6.07) is 0. The highest BCUT2D eigenvalue weighted by atomic mass is 127. The summed E-state index contributed by atoms with van der Waals surface area (Å²) in [6.07, 6.45) is 1.66. The lowest BCUT2D eigenvalue weighted by Gasteiger charge is -2.22. The van der Waals surface area contributed by atoms with Gasteiger partial charge in [-0.2, -0.15) is 0 Å². The maximum atomic E-state index is 8.95. The zero-order valence-corrected chi connectivity index (χ0v) is 6.67. The molecule has 1 saturated heterocycles. The van der Waals surface area contributed by atoms with Crippen LogP contribution < -0.4 is 0 Å². The Morgan fingerprint density at radius 1 is 1.62 bits per heavy atom. The van der Waals surface area contributed by atoms with Gasteiger partial charge < -0.3 is 9.84 Å². The first-order valence-electron chi connectivity index (χ1n) is 2.74. The van der Waals surface area contributed by atoms with E-state index >= 15 is 0 Å². The zero-order chi connectivity index (χ0) is 5.98. The molecule has 1 heterocycles. The normalized spacial score (nSPS) is 39.8. The molecule has 3 heteroatoms. The first-order chi connectivity index (χ1) is 3.80. The van der Waals surface area contributed by atoms with Crippen LogP contribution in [0.2, 0.25) is 0 Å². The number of hydrogen-bond donors (Lipinski definition) is 1. The molecule has 1 aliphatic rings. The summed E-state index contributed by atoms with van der Waals surface area (Å²) in [7, 11) is 0. The van der Waals surface area contributed by atoms with Crippen molar-refractivity contribution in [3.05, 3.63) is 0 Å². The Kier molecular flexibility index (Phi) is 2.52. The fraction of sp³-hybridized carbons (Fsp3) is 1.00. The third-order valence-corrected chi connectivity index (χ3v) is 2.46. The minimum Gasteiger partial charge on any atom is -0.367 e. The van der Waals surface area contributed by atoms with Gasteiger partial charge in [-0.05, 0) is 12.8 Å². The number of aliphatic hydroxyl groups excluding tert-OH is 1. The van der Waals surface area contributed by atoms with Gasteiger partial charge in [-0.1, -0.05) is 22.6 Å². The van der Waals surface area contributed by atoms with Crippen LogP contribution in [0.15, 0.2) is 0 Å². The maximum absolute atomic E-state index is 8.95. The molecule has 1 aliphatic heterocycles. The van der Waals surface area contributed by atoms with E-state index in [-0.39, 0.29) is 0 Å². The Morgan fingerprint density at radius 2 is 2.38 bits per heavy atom. The van der Waals surface area contributed by atoms with Gasteiger partial charge in [-0.3, -0.25) is 0 Å². The van der Waals surface area contributed by atoms with Crippen molar-refractivity contribution in [3.8, 4) is 0 Å². The smallest absolute Gasteiger partial charge is 0.166 e. The van der Waals surface area contributed by atoms with Crippen molar-refractivity contribution in [2.45, 2.75) is 23.1 Å². The van der Waals surface area contributed by atoms with Crippen LogP contribution in [0.1, 0.15) is 12.8 Å². The molecule has 8 heavy (non-hydrogen) atoms. The SMILES string of the molecule is O[C@@H]1OCCC[C@H]1I. The fourth-order valence-electron chi connectivity index (χ4n) is 0.729. The lowest BCUT2D eigenvalue weighted by Crippen LogP contribution is -2.28. The van der Waals surface area contributed by atoms with Crippen LogP contribution >= 0.6 is 22.6 Å². The molecule has 0 aliphatic carbocycles. The van der Waals surface area contributed by atoms with Crippen molar-refractivity contribution in [2.24, 2.45) is 0 Å². The molecule has 0 radical (unpaired) electrons. The van der Waals surface area contributed by atoms with E-state index in [2.05, 4.69) is 22.6 Å². The molecule has 1 rings (SSSR count). The van der Waals surface area contributed by atoms with Crippen LogP contribution in [-0.4, -0.2) is 21.9 Å². The average molecular weight is 228 g/mol. The summed E-state index contributed by atoms with van der Waals surface area (Å²) in [5, 5.41) is 8.95. The highest BCUT2D eigenvalue weighted by Crippen LogP contribution is 2.19. The van der Waals surface area contributed by atoms with Crippen molar-refractivity contribution in [1.29, 1.82) is 0 Å². The van der Waals surface area contributed by atoms with E-state index in [9.17, 15) is 0 Å². The van der Waals surface area contributed by atoms with Crippen molar-refractivity contribution in [1.82, 2.24) is 0 Å². The second-order valence-electron chi connectivity index (χ2n) is 1.92. The number of halogens is 1. The monoisotopic (exact) mass is 228 g/mol. The second-order valence-corrected chi connectivity index (χ2v) is 3.52. The van der Waals surface area contributed by atoms with E-state index in [1.54, 1.807) is 0 Å². The third-order valence-electron chi connectivity index (χ3n) is 1.22. The average Bonchev–Trinajstić information content (AvgIpc) is 1.77. The topological polar surface area (TPSA) is 29.5 Å². The molecular weight excluding hydrogens is 219 g/mol. The van der Waals surface area contributed by atoms with E-state index < -0.39 is 6.29 Å². The molecule has 0 aromatic carbocycles. The van der Waals surface area contributed by atoms with Gasteiger partial charge in [0.15, 0.2) is 6.29 Å². The summed E-state index contributed by atoms with van der Waals surface area (Å²) < 4.78 is 5.24. The lowest BCUT2D eigenvalue weighted by atomic mass is 10.2. The summed E-state index contributed by atoms with van der Waals surface area (Å²) in [5.41, 5.74) is 0. The highest BCUT2D eigenvalue weighted by molar-refractivity contribution is 14.1. The summed E-state index contributed by atoms with van der Waals surface area (Å²) >= 11 is 2.21. The van der Waals surface area contributed by atoms with E-state index in [0.29, 0.717) is 3.92 Å². The van der Waals surface area contributed by atoms with Crippen LogP contribution in [0.4, 0.5) is 0 Å². The van der Waals surface area contributed by atoms with Gasteiger partial charge in [-0.15, -0.1) is 0 Å². The first-order valence-corrected chi connectivity index (χ1v) is 3.99. The van der Waals surface area contributed by atoms with E-state index in [1.807, 2.05) is 0 Å². The van der Waals surface area contributed by atoms with Crippen LogP contribution in [-0.2, 0) is 4.74 Å². The van der Waals surface area contributed by atoms with Gasteiger partial charge in [0.2, 0.25) is 0 Å². The predicted molar refractivity (Wildman–Crippen MR) is 39.0 cm³/mol. The first kappa shape index (κ1) is 6.77. The zero-order valence-electron chi connectivity index (χ0n) is 4.51. The molecule has 0 spiro atoms. The van der Waals surface area contributed by atoms with E-state index in [4.69, 9.17) is 9.84 Å². The molecular formula is C5H9IO2. The molecule has 2 atom stereocenters. The van der Waals surface area contributed by atoms with Crippen LogP contribution in [0, 0.1) is 0 Å². The Morgan fingerprint density at radius 3 is 2.75 bits per heavy atom. The molecule has 48 valence electrons. The number of alkyl halides is 1. The predicted octanol–water partition coefficient (Wildman–Crippen LogP) is 0.919.